The van der Waals surface area contributed by atoms with Crippen LogP contribution in [-0.4, -0.2) is 29.9 Å². The fraction of sp³-hybridized carbons (Fsp3) is 0.750. The molecule has 5 atom stereocenters. The summed E-state index contributed by atoms with van der Waals surface area (Å²) in [5, 5.41) is 9.83. The van der Waals surface area contributed by atoms with E-state index in [0.717, 1.165) is 12.8 Å². The van der Waals surface area contributed by atoms with E-state index >= 15 is 0 Å². The first-order valence-corrected chi connectivity index (χ1v) is 7.43. The van der Waals surface area contributed by atoms with Crippen LogP contribution in [0.3, 0.4) is 0 Å². The maximum absolute atomic E-state index is 12.0. The van der Waals surface area contributed by atoms with Gasteiger partial charge in [0.05, 0.1) is 5.92 Å². The van der Waals surface area contributed by atoms with E-state index in [1.165, 1.54) is 13.2 Å². The number of esters is 1. The van der Waals surface area contributed by atoms with Gasteiger partial charge in [-0.1, -0.05) is 20.8 Å². The molecular formula is C16H22O5. The molecule has 5 unspecified atom stereocenters. The van der Waals surface area contributed by atoms with E-state index in [9.17, 15) is 14.7 Å². The molecule has 0 aromatic heterocycles. The van der Waals surface area contributed by atoms with Crippen molar-refractivity contribution in [3.8, 4) is 0 Å². The summed E-state index contributed by atoms with van der Waals surface area (Å²) >= 11 is 0. The maximum Gasteiger partial charge on any atom is 0.333 e. The van der Waals surface area contributed by atoms with Gasteiger partial charge in [0.2, 0.25) is 5.79 Å². The molecule has 21 heavy (non-hydrogen) atoms. The van der Waals surface area contributed by atoms with E-state index in [-0.39, 0.29) is 10.8 Å². The molecular weight excluding hydrogens is 272 g/mol. The molecule has 0 aromatic carbocycles. The fourth-order valence-corrected chi connectivity index (χ4v) is 4.93. The van der Waals surface area contributed by atoms with Gasteiger partial charge in [-0.3, -0.25) is 4.79 Å². The molecule has 1 aliphatic heterocycles. The van der Waals surface area contributed by atoms with Gasteiger partial charge in [-0.25, -0.2) is 4.79 Å². The third kappa shape index (κ3) is 1.55. The number of methoxy groups -OCH3 is 1. The van der Waals surface area contributed by atoms with Gasteiger partial charge < -0.3 is 14.6 Å². The summed E-state index contributed by atoms with van der Waals surface area (Å²) in [6, 6.07) is 0. The van der Waals surface area contributed by atoms with Crippen molar-refractivity contribution >= 4 is 11.9 Å². The van der Waals surface area contributed by atoms with Crippen molar-refractivity contribution in [2.45, 2.75) is 45.8 Å². The van der Waals surface area contributed by atoms with Crippen molar-refractivity contribution in [1.29, 1.82) is 0 Å². The highest BCUT2D eigenvalue weighted by atomic mass is 16.7. The zero-order valence-electron chi connectivity index (χ0n) is 12.9. The van der Waals surface area contributed by atoms with Gasteiger partial charge in [-0.05, 0) is 29.6 Å². The summed E-state index contributed by atoms with van der Waals surface area (Å²) in [5.41, 5.74) is -0.148. The highest BCUT2D eigenvalue weighted by Gasteiger charge is 2.70. The predicted octanol–water partition coefficient (Wildman–Crippen LogP) is 2.36. The minimum atomic E-state index is -1.20. The number of hydrogen-bond acceptors (Lipinski definition) is 4. The van der Waals surface area contributed by atoms with Gasteiger partial charge in [-0.2, -0.15) is 0 Å². The maximum atomic E-state index is 12.0. The molecule has 2 saturated carbocycles. The Morgan fingerprint density at radius 2 is 2.10 bits per heavy atom. The van der Waals surface area contributed by atoms with Crippen LogP contribution in [0.15, 0.2) is 11.6 Å². The van der Waals surface area contributed by atoms with Crippen LogP contribution in [0.2, 0.25) is 0 Å². The lowest BCUT2D eigenvalue weighted by atomic mass is 9.50. The lowest BCUT2D eigenvalue weighted by Gasteiger charge is -2.56. The second-order valence-electron chi connectivity index (χ2n) is 7.20. The summed E-state index contributed by atoms with van der Waals surface area (Å²) in [6.45, 7) is 6.31. The topological polar surface area (TPSA) is 72.8 Å². The number of carbonyl (C=O) groups is 2. The first-order valence-electron chi connectivity index (χ1n) is 7.43. The van der Waals surface area contributed by atoms with Crippen molar-refractivity contribution in [2.75, 3.05) is 7.11 Å². The van der Waals surface area contributed by atoms with Crippen molar-refractivity contribution < 1.29 is 24.2 Å². The summed E-state index contributed by atoms with van der Waals surface area (Å²) < 4.78 is 11.0. The molecule has 1 heterocycles. The van der Waals surface area contributed by atoms with Crippen LogP contribution in [0.25, 0.3) is 0 Å². The number of aliphatic carboxylic acids is 1. The SMILES string of the molecule is COC12CC3(C)C(C)CCC3(C)C(C(=O)O)C1=CC(=O)O2. The van der Waals surface area contributed by atoms with E-state index in [0.29, 0.717) is 17.9 Å². The normalized spacial score (nSPS) is 48.4. The van der Waals surface area contributed by atoms with Crippen LogP contribution in [0.1, 0.15) is 40.0 Å². The summed E-state index contributed by atoms with van der Waals surface area (Å²) in [6.07, 6.45) is 3.68. The van der Waals surface area contributed by atoms with Crippen LogP contribution in [-0.2, 0) is 19.1 Å². The van der Waals surface area contributed by atoms with E-state index in [4.69, 9.17) is 9.47 Å². The molecule has 0 saturated heterocycles. The highest BCUT2D eigenvalue weighted by molar-refractivity contribution is 5.90. The minimum absolute atomic E-state index is 0.242. The second kappa shape index (κ2) is 4.09. The third-order valence-electron chi connectivity index (χ3n) is 6.59. The first-order chi connectivity index (χ1) is 9.70. The van der Waals surface area contributed by atoms with E-state index < -0.39 is 23.6 Å². The molecule has 2 aliphatic carbocycles. The number of rotatable bonds is 2. The number of carboxylic acid groups (broad SMARTS) is 1. The molecule has 0 radical (unpaired) electrons. The second-order valence-corrected chi connectivity index (χ2v) is 7.20. The van der Waals surface area contributed by atoms with E-state index in [1.807, 2.05) is 6.92 Å². The molecule has 0 spiro atoms. The van der Waals surface area contributed by atoms with Crippen molar-refractivity contribution in [2.24, 2.45) is 22.7 Å². The Morgan fingerprint density at radius 3 is 2.67 bits per heavy atom. The Labute approximate surface area is 124 Å². The number of carbonyl (C=O) groups excluding carboxylic acids is 1. The Kier molecular flexibility index (Phi) is 2.84. The Hall–Kier alpha value is -1.36. The molecule has 5 heteroatoms. The molecule has 0 amide bonds. The van der Waals surface area contributed by atoms with Crippen molar-refractivity contribution in [1.82, 2.24) is 0 Å². The smallest absolute Gasteiger partial charge is 0.333 e. The molecule has 116 valence electrons. The standard InChI is InChI=1S/C16H22O5/c1-9-5-6-14(2)12(13(18)19)10-7-11(17)21-16(10,20-4)8-15(9,14)3/h7,9,12H,5-6,8H2,1-4H3,(H,18,19). The summed E-state index contributed by atoms with van der Waals surface area (Å²) in [4.78, 5) is 23.8. The van der Waals surface area contributed by atoms with Crippen molar-refractivity contribution in [3.05, 3.63) is 11.6 Å². The fourth-order valence-electron chi connectivity index (χ4n) is 4.93. The molecule has 0 aromatic rings. The Bertz CT molecular complexity index is 553. The Balaban J connectivity index is 2.22. The van der Waals surface area contributed by atoms with Gasteiger partial charge in [0.25, 0.3) is 0 Å². The largest absolute Gasteiger partial charge is 0.481 e. The molecule has 0 bridgehead atoms. The molecule has 2 fully saturated rings. The van der Waals surface area contributed by atoms with E-state index in [2.05, 4.69) is 13.8 Å². The lowest BCUT2D eigenvalue weighted by molar-refractivity contribution is -0.234. The average Bonchev–Trinajstić information content (AvgIpc) is 2.82. The molecule has 3 rings (SSSR count). The van der Waals surface area contributed by atoms with Crippen LogP contribution >= 0.6 is 0 Å². The van der Waals surface area contributed by atoms with Crippen LogP contribution in [0.5, 0.6) is 0 Å². The lowest BCUT2D eigenvalue weighted by Crippen LogP contribution is -2.58. The van der Waals surface area contributed by atoms with Gasteiger partial charge in [0, 0.05) is 25.2 Å². The Morgan fingerprint density at radius 1 is 1.43 bits per heavy atom. The van der Waals surface area contributed by atoms with Gasteiger partial charge >= 0.3 is 11.9 Å². The number of ether oxygens (including phenoxy) is 2. The summed E-state index contributed by atoms with van der Waals surface area (Å²) in [5.74, 6) is -2.99. The monoisotopic (exact) mass is 294 g/mol. The first kappa shape index (κ1) is 14.6. The number of hydrogen-bond donors (Lipinski definition) is 1. The van der Waals surface area contributed by atoms with Crippen molar-refractivity contribution in [3.63, 3.8) is 0 Å². The zero-order valence-corrected chi connectivity index (χ0v) is 12.9. The predicted molar refractivity (Wildman–Crippen MR) is 74.3 cm³/mol. The summed E-state index contributed by atoms with van der Waals surface area (Å²) in [7, 11) is 1.48. The van der Waals surface area contributed by atoms with Gasteiger partial charge in [0.15, 0.2) is 0 Å². The quantitative estimate of drug-likeness (QED) is 0.791. The number of carboxylic acids is 1. The zero-order chi connectivity index (χ0) is 15.6. The van der Waals surface area contributed by atoms with Gasteiger partial charge in [0.1, 0.15) is 0 Å². The van der Waals surface area contributed by atoms with Crippen LogP contribution in [0.4, 0.5) is 0 Å². The highest BCUT2D eigenvalue weighted by Crippen LogP contribution is 2.69. The molecule has 5 nitrogen and oxygen atoms in total. The van der Waals surface area contributed by atoms with Gasteiger partial charge in [-0.15, -0.1) is 0 Å². The third-order valence-corrected chi connectivity index (χ3v) is 6.59. The van der Waals surface area contributed by atoms with E-state index in [1.54, 1.807) is 0 Å². The number of fused-ring (bicyclic) bond motifs is 2. The minimum Gasteiger partial charge on any atom is -0.481 e. The average molecular weight is 294 g/mol. The molecule has 1 N–H and O–H groups in total. The molecule has 3 aliphatic rings. The van der Waals surface area contributed by atoms with Crippen LogP contribution in [0, 0.1) is 22.7 Å². The van der Waals surface area contributed by atoms with Crippen LogP contribution < -0.4 is 0 Å².